The van der Waals surface area contributed by atoms with E-state index < -0.39 is 17.2 Å². The van der Waals surface area contributed by atoms with Crippen LogP contribution in [0.4, 0.5) is 0 Å². The van der Waals surface area contributed by atoms with Crippen LogP contribution in [0.25, 0.3) is 0 Å². The van der Waals surface area contributed by atoms with Crippen molar-refractivity contribution in [2.75, 3.05) is 0 Å². The van der Waals surface area contributed by atoms with Crippen molar-refractivity contribution >= 4 is 12.4 Å². The summed E-state index contributed by atoms with van der Waals surface area (Å²) in [4.78, 5) is 35.3. The van der Waals surface area contributed by atoms with E-state index in [1.807, 2.05) is 0 Å². The molecule has 7 heteroatoms. The van der Waals surface area contributed by atoms with Gasteiger partial charge in [-0.15, -0.1) is 10.1 Å². The van der Waals surface area contributed by atoms with Gasteiger partial charge in [-0.25, -0.2) is 9.59 Å². The Balaban J connectivity index is 2.91. The molecule has 0 heterocycles. The monoisotopic (exact) mass is 224 g/mol. The summed E-state index contributed by atoms with van der Waals surface area (Å²) in [6.07, 6.45) is -1.59. The van der Waals surface area contributed by atoms with Crippen LogP contribution in [-0.2, 0) is 19.2 Å². The normalized spacial score (nSPS) is 11.2. The van der Waals surface area contributed by atoms with Gasteiger partial charge in [-0.2, -0.15) is 0 Å². The van der Waals surface area contributed by atoms with Gasteiger partial charge in [0.15, 0.2) is 0 Å². The molecule has 1 unspecified atom stereocenters. The van der Waals surface area contributed by atoms with E-state index in [0.29, 0.717) is 0 Å². The third-order valence-electron chi connectivity index (χ3n) is 1.65. The molecule has 1 aromatic rings. The van der Waals surface area contributed by atoms with Crippen molar-refractivity contribution in [3.05, 3.63) is 46.0 Å². The number of nitrogens with zero attached hydrogens (tertiary/aromatic N) is 1. The Kier molecular flexibility index (Phi) is 3.96. The maximum Gasteiger partial charge on any atom is 0.425 e. The first-order valence-corrected chi connectivity index (χ1v) is 4.09. The van der Waals surface area contributed by atoms with Crippen LogP contribution in [0, 0.1) is 10.1 Å². The Hall–Kier alpha value is -2.44. The number of hydrogen-bond donors (Lipinski definition) is 0. The predicted molar refractivity (Wildman–Crippen MR) is 49.0 cm³/mol. The van der Waals surface area contributed by atoms with E-state index in [1.165, 1.54) is 12.1 Å². The number of benzene rings is 1. The zero-order valence-corrected chi connectivity index (χ0v) is 7.86. The van der Waals surface area contributed by atoms with Gasteiger partial charge in [0.2, 0.25) is 6.10 Å². The van der Waals surface area contributed by atoms with Crippen LogP contribution in [-0.4, -0.2) is 17.5 Å². The molecule has 83 valence electrons. The van der Waals surface area contributed by atoms with Gasteiger partial charge in [0, 0.05) is 0 Å². The molecular weight excluding hydrogens is 218 g/mol. The molecule has 0 aliphatic carbocycles. The molecule has 0 aliphatic rings. The summed E-state index contributed by atoms with van der Waals surface area (Å²) in [6, 6.07) is 7.64. The van der Waals surface area contributed by atoms with Crippen LogP contribution >= 0.6 is 0 Å². The Morgan fingerprint density at radius 3 is 2.50 bits per heavy atom. The second-order valence-electron chi connectivity index (χ2n) is 2.62. The zero-order valence-electron chi connectivity index (χ0n) is 7.86. The Bertz CT molecular complexity index is 390. The quantitative estimate of drug-likeness (QED) is 0.313. The highest BCUT2D eigenvalue weighted by Crippen LogP contribution is 2.18. The highest BCUT2D eigenvalue weighted by atomic mass is 17.0. The van der Waals surface area contributed by atoms with Crippen molar-refractivity contribution in [1.29, 1.82) is 0 Å². The third-order valence-corrected chi connectivity index (χ3v) is 1.65. The summed E-state index contributed by atoms with van der Waals surface area (Å²) in [7, 11) is 0. The summed E-state index contributed by atoms with van der Waals surface area (Å²) in [6.45, 7) is 0.889. The molecule has 0 aliphatic heterocycles. The minimum absolute atomic E-state index is 0.208. The van der Waals surface area contributed by atoms with Gasteiger partial charge < -0.3 is 4.74 Å². The molecule has 0 fully saturated rings. The number of ether oxygens (including phenoxy) is 1. The average Bonchev–Trinajstić information content (AvgIpc) is 2.27. The summed E-state index contributed by atoms with van der Waals surface area (Å²) >= 11 is 0. The summed E-state index contributed by atoms with van der Waals surface area (Å²) in [5, 5.41) is 9.03. The minimum atomic E-state index is -1.59. The third kappa shape index (κ3) is 3.05. The van der Waals surface area contributed by atoms with E-state index in [0.717, 1.165) is 6.47 Å². The summed E-state index contributed by atoms with van der Waals surface area (Å²) < 4.78 is 3.89. The van der Waals surface area contributed by atoms with Crippen molar-refractivity contribution in [1.82, 2.24) is 0 Å². The molecule has 7 nitrogen and oxygen atoms in total. The molecule has 0 bridgehead atoms. The lowest BCUT2D eigenvalue weighted by Gasteiger charge is -2.11. The minimum Gasteiger partial charge on any atom is -0.383 e. The van der Waals surface area contributed by atoms with Crippen LogP contribution in [0.15, 0.2) is 30.3 Å². The maximum atomic E-state index is 11.2. The largest absolute Gasteiger partial charge is 0.425 e. The van der Waals surface area contributed by atoms with E-state index in [-0.39, 0.29) is 5.56 Å². The fourth-order valence-corrected chi connectivity index (χ4v) is 1.05. The van der Waals surface area contributed by atoms with E-state index in [9.17, 15) is 19.7 Å². The molecule has 0 N–H and O–H groups in total. The Labute approximate surface area is 89.7 Å². The maximum absolute atomic E-state index is 11.2. The lowest BCUT2D eigenvalue weighted by Crippen LogP contribution is -2.21. The second-order valence-corrected chi connectivity index (χ2v) is 2.62. The molecule has 1 radical (unpaired) electrons. The number of hydrogen-bond acceptors (Lipinski definition) is 6. The highest BCUT2D eigenvalue weighted by molar-refractivity contribution is 5.81. The fourth-order valence-electron chi connectivity index (χ4n) is 1.05. The van der Waals surface area contributed by atoms with Crippen molar-refractivity contribution < 1.29 is 24.3 Å². The average molecular weight is 224 g/mol. The van der Waals surface area contributed by atoms with E-state index in [1.54, 1.807) is 18.2 Å². The lowest BCUT2D eigenvalue weighted by molar-refractivity contribution is -0.767. The highest BCUT2D eigenvalue weighted by Gasteiger charge is 2.26. The fraction of sp³-hybridized carbons (Fsp3) is 0.111. The molecule has 0 saturated heterocycles. The van der Waals surface area contributed by atoms with Crippen LogP contribution in [0.5, 0.6) is 0 Å². The Morgan fingerprint density at radius 2 is 2.00 bits per heavy atom. The first-order chi connectivity index (χ1) is 7.65. The smallest absolute Gasteiger partial charge is 0.383 e. The molecule has 0 aromatic heterocycles. The molecule has 1 atom stereocenters. The van der Waals surface area contributed by atoms with Gasteiger partial charge >= 0.3 is 12.4 Å². The molecule has 0 spiro atoms. The second kappa shape index (κ2) is 5.44. The van der Waals surface area contributed by atoms with Crippen LogP contribution in [0.2, 0.25) is 0 Å². The van der Waals surface area contributed by atoms with Gasteiger partial charge in [-0.05, 0) is 5.56 Å². The number of carbonyl (C=O) groups is 1. The van der Waals surface area contributed by atoms with Crippen molar-refractivity contribution in [2.45, 2.75) is 6.10 Å². The molecule has 0 amide bonds. The molecular formula is C9H6NO6. The van der Waals surface area contributed by atoms with E-state index in [2.05, 4.69) is 9.57 Å². The molecule has 1 rings (SSSR count). The summed E-state index contributed by atoms with van der Waals surface area (Å²) in [5.74, 6) is -1.20. The van der Waals surface area contributed by atoms with Gasteiger partial charge in [-0.1, -0.05) is 30.3 Å². The molecule has 0 saturated carbocycles. The summed E-state index contributed by atoms with van der Waals surface area (Å²) in [5.41, 5.74) is 0.208. The van der Waals surface area contributed by atoms with Gasteiger partial charge in [0.1, 0.15) is 0 Å². The van der Waals surface area contributed by atoms with Crippen LogP contribution < -0.4 is 0 Å². The standard InChI is InChI=1S/C9H6NO6/c11-6-15-9(12)8(16-10(13)14)7-4-2-1-3-5-7/h1-5,8H. The zero-order chi connectivity index (χ0) is 12.0. The van der Waals surface area contributed by atoms with Crippen LogP contribution in [0.1, 0.15) is 11.7 Å². The van der Waals surface area contributed by atoms with Crippen LogP contribution in [0.3, 0.4) is 0 Å². The molecule has 1 aromatic carbocycles. The lowest BCUT2D eigenvalue weighted by atomic mass is 10.1. The van der Waals surface area contributed by atoms with E-state index in [4.69, 9.17) is 0 Å². The van der Waals surface area contributed by atoms with Gasteiger partial charge in [-0.3, -0.25) is 4.84 Å². The molecule has 16 heavy (non-hydrogen) atoms. The SMILES string of the molecule is O=[C]OC(=O)C(O[N+](=O)[O-])c1ccccc1. The number of esters is 1. The number of carbonyl (C=O) groups excluding carboxylic acids is 2. The Morgan fingerprint density at radius 1 is 1.38 bits per heavy atom. The van der Waals surface area contributed by atoms with E-state index >= 15 is 0 Å². The van der Waals surface area contributed by atoms with Crippen molar-refractivity contribution in [3.8, 4) is 0 Å². The topological polar surface area (TPSA) is 95.7 Å². The van der Waals surface area contributed by atoms with Crippen molar-refractivity contribution in [3.63, 3.8) is 0 Å². The van der Waals surface area contributed by atoms with Gasteiger partial charge in [0.05, 0.1) is 0 Å². The first-order valence-electron chi connectivity index (χ1n) is 4.09. The first kappa shape index (κ1) is 11.6. The van der Waals surface area contributed by atoms with Crippen molar-refractivity contribution in [2.24, 2.45) is 0 Å². The predicted octanol–water partition coefficient (Wildman–Crippen LogP) is 0.546. The number of rotatable bonds is 5. The van der Waals surface area contributed by atoms with Gasteiger partial charge in [0.25, 0.3) is 5.09 Å².